The van der Waals surface area contributed by atoms with Crippen LogP contribution in [0.1, 0.15) is 23.2 Å². The zero-order chi connectivity index (χ0) is 11.1. The number of benzene rings is 1. The second-order valence-corrected chi connectivity index (χ2v) is 4.87. The Balaban J connectivity index is 2.50. The Hall–Kier alpha value is -1.40. The molecule has 0 N–H and O–H groups in total. The van der Waals surface area contributed by atoms with Crippen LogP contribution >= 0.6 is 15.9 Å². The number of nitriles is 1. The highest BCUT2D eigenvalue weighted by molar-refractivity contribution is 9.10. The van der Waals surface area contributed by atoms with Gasteiger partial charge >= 0.3 is 0 Å². The summed E-state index contributed by atoms with van der Waals surface area (Å²) in [6, 6.07) is 8.24. The van der Waals surface area contributed by atoms with Gasteiger partial charge in [0.25, 0.3) is 0 Å². The number of hydrogen-bond donors (Lipinski definition) is 0. The van der Waals surface area contributed by atoms with E-state index in [9.17, 15) is 5.26 Å². The lowest BCUT2D eigenvalue weighted by atomic mass is 10.0. The van der Waals surface area contributed by atoms with Crippen LogP contribution < -0.4 is 0 Å². The maximum absolute atomic E-state index is 9.30. The third-order valence-corrected chi connectivity index (χ3v) is 3.75. The molecule has 0 aliphatic heterocycles. The number of nitrogens with zero attached hydrogens (tertiary/aromatic N) is 2. The number of rotatable bonds is 0. The molecule has 2 aromatic rings. The quantitative estimate of drug-likeness (QED) is 0.738. The van der Waals surface area contributed by atoms with Crippen molar-refractivity contribution < 1.29 is 0 Å². The highest BCUT2D eigenvalue weighted by Gasteiger charge is 2.19. The summed E-state index contributed by atoms with van der Waals surface area (Å²) in [6.07, 6.45) is 3.11. The van der Waals surface area contributed by atoms with Crippen LogP contribution in [0.15, 0.2) is 22.7 Å². The molecule has 0 amide bonds. The summed E-state index contributed by atoms with van der Waals surface area (Å²) < 4.78 is 0.969. The number of aromatic nitrogens is 1. The summed E-state index contributed by atoms with van der Waals surface area (Å²) in [5.74, 6) is 0. The minimum Gasteiger partial charge on any atom is -0.251 e. The Morgan fingerprint density at radius 3 is 3.00 bits per heavy atom. The van der Waals surface area contributed by atoms with Gasteiger partial charge in [0.05, 0.1) is 11.1 Å². The normalized spacial score (nSPS) is 13.8. The molecule has 2 nitrogen and oxygen atoms in total. The summed E-state index contributed by atoms with van der Waals surface area (Å²) >= 11 is 3.50. The third kappa shape index (κ3) is 1.27. The van der Waals surface area contributed by atoms with Crippen LogP contribution in [-0.2, 0) is 12.8 Å². The molecule has 1 aliphatic carbocycles. The van der Waals surface area contributed by atoms with Crippen LogP contribution in [0.3, 0.4) is 0 Å². The summed E-state index contributed by atoms with van der Waals surface area (Å²) in [5, 5.41) is 10.3. The first-order chi connectivity index (χ1) is 7.81. The molecule has 1 aliphatic rings. The maximum Gasteiger partial charge on any atom is 0.100 e. The lowest BCUT2D eigenvalue weighted by molar-refractivity contribution is 0.900. The van der Waals surface area contributed by atoms with E-state index < -0.39 is 0 Å². The van der Waals surface area contributed by atoms with Gasteiger partial charge < -0.3 is 0 Å². The summed E-state index contributed by atoms with van der Waals surface area (Å²) in [6.45, 7) is 0. The number of hydrogen-bond acceptors (Lipinski definition) is 2. The number of pyridine rings is 1. The molecule has 1 aromatic heterocycles. The highest BCUT2D eigenvalue weighted by atomic mass is 79.9. The fourth-order valence-electron chi connectivity index (χ4n) is 2.38. The van der Waals surface area contributed by atoms with E-state index >= 15 is 0 Å². The molecular formula is C13H9BrN2. The molecule has 3 heteroatoms. The van der Waals surface area contributed by atoms with Crippen LogP contribution in [0.5, 0.6) is 0 Å². The van der Waals surface area contributed by atoms with E-state index in [2.05, 4.69) is 27.0 Å². The zero-order valence-corrected chi connectivity index (χ0v) is 10.2. The molecule has 0 spiro atoms. The third-order valence-electron chi connectivity index (χ3n) is 3.11. The van der Waals surface area contributed by atoms with Gasteiger partial charge in [0.1, 0.15) is 6.07 Å². The van der Waals surface area contributed by atoms with Crippen molar-refractivity contribution in [2.45, 2.75) is 19.3 Å². The number of aryl methyl sites for hydroxylation is 1. The Labute approximate surface area is 102 Å². The van der Waals surface area contributed by atoms with E-state index in [0.29, 0.717) is 0 Å². The number of fused-ring (bicyclic) bond motifs is 2. The van der Waals surface area contributed by atoms with E-state index in [1.807, 2.05) is 18.2 Å². The van der Waals surface area contributed by atoms with E-state index in [4.69, 9.17) is 0 Å². The monoisotopic (exact) mass is 272 g/mol. The fourth-order valence-corrected chi connectivity index (χ4v) is 2.83. The molecule has 3 rings (SSSR count). The van der Waals surface area contributed by atoms with Crippen LogP contribution in [0.4, 0.5) is 0 Å². The van der Waals surface area contributed by atoms with Crippen LogP contribution in [0.2, 0.25) is 0 Å². The molecular weight excluding hydrogens is 264 g/mol. The van der Waals surface area contributed by atoms with Crippen molar-refractivity contribution in [2.75, 3.05) is 0 Å². The van der Waals surface area contributed by atoms with Crippen molar-refractivity contribution in [2.24, 2.45) is 0 Å². The first kappa shape index (κ1) is 9.80. The Bertz CT molecular complexity index is 626. The molecule has 1 heterocycles. The Kier molecular flexibility index (Phi) is 2.19. The maximum atomic E-state index is 9.30. The molecule has 0 saturated heterocycles. The first-order valence-electron chi connectivity index (χ1n) is 5.31. The number of halogens is 1. The van der Waals surface area contributed by atoms with Gasteiger partial charge in [-0.15, -0.1) is 0 Å². The van der Waals surface area contributed by atoms with Crippen molar-refractivity contribution in [3.05, 3.63) is 39.5 Å². The topological polar surface area (TPSA) is 36.7 Å². The van der Waals surface area contributed by atoms with E-state index in [1.165, 1.54) is 0 Å². The van der Waals surface area contributed by atoms with Gasteiger partial charge in [-0.05, 0) is 46.8 Å². The molecule has 0 saturated carbocycles. The lowest BCUT2D eigenvalue weighted by Gasteiger charge is -2.07. The van der Waals surface area contributed by atoms with Crippen LogP contribution in [0.25, 0.3) is 10.9 Å². The van der Waals surface area contributed by atoms with E-state index in [0.717, 1.165) is 51.5 Å². The van der Waals surface area contributed by atoms with Gasteiger partial charge in [-0.25, -0.2) is 0 Å². The predicted molar refractivity (Wildman–Crippen MR) is 66.2 cm³/mol. The van der Waals surface area contributed by atoms with Gasteiger partial charge in [-0.2, -0.15) is 5.26 Å². The summed E-state index contributed by atoms with van der Waals surface area (Å²) in [4.78, 5) is 4.67. The second kappa shape index (κ2) is 3.57. The van der Waals surface area contributed by atoms with Crippen LogP contribution in [0, 0.1) is 11.3 Å². The lowest BCUT2D eigenvalue weighted by Crippen LogP contribution is -1.95. The van der Waals surface area contributed by atoms with Crippen molar-refractivity contribution >= 4 is 26.8 Å². The molecule has 1 aromatic carbocycles. The second-order valence-electron chi connectivity index (χ2n) is 4.01. The smallest absolute Gasteiger partial charge is 0.100 e. The van der Waals surface area contributed by atoms with Crippen molar-refractivity contribution in [3.63, 3.8) is 0 Å². The summed E-state index contributed by atoms with van der Waals surface area (Å²) in [7, 11) is 0. The standard InChI is InChI=1S/C13H9BrN2/c14-11-5-1-4-9-10(7-15)8-3-2-6-12(8)16-13(9)11/h1,4-5H,2-3,6H2. The van der Waals surface area contributed by atoms with Crippen molar-refractivity contribution in [1.82, 2.24) is 4.98 Å². The molecule has 16 heavy (non-hydrogen) atoms. The van der Waals surface area contributed by atoms with Gasteiger partial charge in [-0.1, -0.05) is 12.1 Å². The van der Waals surface area contributed by atoms with Gasteiger partial charge in [0.2, 0.25) is 0 Å². The highest BCUT2D eigenvalue weighted by Crippen LogP contribution is 2.32. The number of para-hydroxylation sites is 1. The fraction of sp³-hybridized carbons (Fsp3) is 0.231. The molecule has 0 atom stereocenters. The average molecular weight is 273 g/mol. The van der Waals surface area contributed by atoms with Gasteiger partial charge in [0.15, 0.2) is 0 Å². The zero-order valence-electron chi connectivity index (χ0n) is 8.63. The Morgan fingerprint density at radius 2 is 2.19 bits per heavy atom. The van der Waals surface area contributed by atoms with E-state index in [1.54, 1.807) is 0 Å². The molecule has 0 unspecified atom stereocenters. The first-order valence-corrected chi connectivity index (χ1v) is 6.10. The summed E-state index contributed by atoms with van der Waals surface area (Å²) in [5.41, 5.74) is 4.00. The predicted octanol–water partition coefficient (Wildman–Crippen LogP) is 3.36. The van der Waals surface area contributed by atoms with Crippen molar-refractivity contribution in [1.29, 1.82) is 5.26 Å². The average Bonchev–Trinajstić information content (AvgIpc) is 2.75. The Morgan fingerprint density at radius 1 is 1.31 bits per heavy atom. The molecule has 78 valence electrons. The molecule has 0 bridgehead atoms. The van der Waals surface area contributed by atoms with Gasteiger partial charge in [-0.3, -0.25) is 4.98 Å². The molecule has 0 radical (unpaired) electrons. The van der Waals surface area contributed by atoms with E-state index in [-0.39, 0.29) is 0 Å². The largest absolute Gasteiger partial charge is 0.251 e. The van der Waals surface area contributed by atoms with Crippen LogP contribution in [-0.4, -0.2) is 4.98 Å². The molecule has 0 fully saturated rings. The SMILES string of the molecule is N#Cc1c2c(nc3c(Br)cccc13)CCC2. The minimum absolute atomic E-state index is 0.818. The minimum atomic E-state index is 0.818. The van der Waals surface area contributed by atoms with Gasteiger partial charge in [0, 0.05) is 15.6 Å². The van der Waals surface area contributed by atoms with Crippen molar-refractivity contribution in [3.8, 4) is 6.07 Å².